The highest BCUT2D eigenvalue weighted by Crippen LogP contribution is 2.26. The fourth-order valence-corrected chi connectivity index (χ4v) is 6.02. The van der Waals surface area contributed by atoms with Crippen LogP contribution in [0.3, 0.4) is 0 Å². The molecule has 10 heteroatoms. The maximum atomic E-state index is 13.6. The maximum Gasteiger partial charge on any atom is 0.287 e. The fourth-order valence-electron chi connectivity index (χ4n) is 4.59. The van der Waals surface area contributed by atoms with Gasteiger partial charge < -0.3 is 14.8 Å². The number of hydrogen-bond acceptors (Lipinski definition) is 7. The molecular formula is C26H31N3O6S. The second-order valence-electron chi connectivity index (χ2n) is 9.55. The summed E-state index contributed by atoms with van der Waals surface area (Å²) in [5, 5.41) is 14.4. The molecule has 2 aromatic heterocycles. The molecule has 2 N–H and O–H groups in total. The quantitative estimate of drug-likeness (QED) is 0.474. The van der Waals surface area contributed by atoms with Crippen molar-refractivity contribution in [1.29, 1.82) is 0 Å². The van der Waals surface area contributed by atoms with Crippen molar-refractivity contribution < 1.29 is 27.5 Å². The average molecular weight is 514 g/mol. The minimum atomic E-state index is -3.91. The molecule has 4 rings (SSSR count). The lowest BCUT2D eigenvalue weighted by Crippen LogP contribution is -2.48. The first-order valence-corrected chi connectivity index (χ1v) is 13.5. The third-order valence-electron chi connectivity index (χ3n) is 6.39. The molecule has 1 aromatic carbocycles. The van der Waals surface area contributed by atoms with Gasteiger partial charge in [0, 0.05) is 30.6 Å². The van der Waals surface area contributed by atoms with Gasteiger partial charge in [-0.05, 0) is 49.4 Å². The zero-order valence-corrected chi connectivity index (χ0v) is 21.1. The van der Waals surface area contributed by atoms with Crippen LogP contribution in [-0.2, 0) is 14.8 Å². The molecule has 0 radical (unpaired) electrons. The monoisotopic (exact) mass is 513 g/mol. The van der Waals surface area contributed by atoms with Crippen LogP contribution in [0.5, 0.6) is 0 Å². The van der Waals surface area contributed by atoms with Crippen LogP contribution < -0.4 is 5.32 Å². The van der Waals surface area contributed by atoms with Crippen LogP contribution in [0.2, 0.25) is 0 Å². The van der Waals surface area contributed by atoms with Crippen molar-refractivity contribution in [3.63, 3.8) is 0 Å². The number of rotatable bonds is 8. The summed E-state index contributed by atoms with van der Waals surface area (Å²) in [7, 11) is -3.91. The molecule has 3 heterocycles. The maximum absolute atomic E-state index is 13.6. The first-order valence-electron chi connectivity index (χ1n) is 12.1. The number of pyridine rings is 1. The third kappa shape index (κ3) is 5.66. The summed E-state index contributed by atoms with van der Waals surface area (Å²) in [6, 6.07) is 12.6. The van der Waals surface area contributed by atoms with Crippen LogP contribution in [0.1, 0.15) is 43.7 Å². The molecule has 0 aliphatic carbocycles. The van der Waals surface area contributed by atoms with E-state index in [0.29, 0.717) is 24.8 Å². The standard InChI is InChI=1S/C26H31N3O6S/c1-17(2)14-20(28-26(32)23-15-18-8-3-4-10-22(18)35-23)25(31)19-9-7-13-29(16-21(19)30)36(33,34)24-11-5-6-12-27-24/h3-6,8,10-12,15,17,19-21,30H,7,9,13-14,16H2,1-2H3,(H,28,32)/t19?,20-,21?/m0/s1. The molecule has 9 nitrogen and oxygen atoms in total. The topological polar surface area (TPSA) is 130 Å². The Balaban J connectivity index is 1.50. The van der Waals surface area contributed by atoms with E-state index in [2.05, 4.69) is 10.3 Å². The Morgan fingerprint density at radius 2 is 1.94 bits per heavy atom. The molecule has 3 aromatic rings. The van der Waals surface area contributed by atoms with E-state index >= 15 is 0 Å². The normalized spacial score (nSPS) is 20.2. The summed E-state index contributed by atoms with van der Waals surface area (Å²) in [4.78, 5) is 30.5. The highest BCUT2D eigenvalue weighted by Gasteiger charge is 2.39. The largest absolute Gasteiger partial charge is 0.451 e. The predicted octanol–water partition coefficient (Wildman–Crippen LogP) is 3.00. The molecule has 1 aliphatic rings. The number of ketones is 1. The number of fused-ring (bicyclic) bond motifs is 1. The van der Waals surface area contributed by atoms with E-state index in [4.69, 9.17) is 4.42 Å². The molecule has 192 valence electrons. The van der Waals surface area contributed by atoms with Gasteiger partial charge in [-0.3, -0.25) is 9.59 Å². The number of nitrogens with one attached hydrogen (secondary N) is 1. The van der Waals surface area contributed by atoms with E-state index in [1.807, 2.05) is 32.0 Å². The predicted molar refractivity (Wildman–Crippen MR) is 134 cm³/mol. The molecule has 1 aliphatic heterocycles. The van der Waals surface area contributed by atoms with Gasteiger partial charge in [-0.1, -0.05) is 38.1 Å². The van der Waals surface area contributed by atoms with E-state index in [-0.39, 0.29) is 35.6 Å². The number of nitrogens with zero attached hydrogens (tertiary/aromatic N) is 2. The highest BCUT2D eigenvalue weighted by atomic mass is 32.2. The van der Waals surface area contributed by atoms with Crippen molar-refractivity contribution in [2.45, 2.75) is 50.3 Å². The number of aliphatic hydroxyl groups excluding tert-OH is 1. The molecule has 1 fully saturated rings. The first kappa shape index (κ1) is 26.0. The van der Waals surface area contributed by atoms with Gasteiger partial charge in [0.2, 0.25) is 0 Å². The van der Waals surface area contributed by atoms with Gasteiger partial charge in [-0.25, -0.2) is 13.4 Å². The van der Waals surface area contributed by atoms with E-state index < -0.39 is 34.0 Å². The lowest BCUT2D eigenvalue weighted by molar-refractivity contribution is -0.128. The average Bonchev–Trinajstić information content (AvgIpc) is 3.19. The van der Waals surface area contributed by atoms with Crippen molar-refractivity contribution >= 4 is 32.7 Å². The summed E-state index contributed by atoms with van der Waals surface area (Å²) in [6.45, 7) is 3.83. The van der Waals surface area contributed by atoms with E-state index in [9.17, 15) is 23.1 Å². The molecule has 2 unspecified atom stereocenters. The van der Waals surface area contributed by atoms with E-state index in [1.165, 1.54) is 16.6 Å². The number of carbonyl (C=O) groups is 2. The third-order valence-corrected chi connectivity index (χ3v) is 8.17. The van der Waals surface area contributed by atoms with Crippen LogP contribution in [0, 0.1) is 11.8 Å². The van der Waals surface area contributed by atoms with Gasteiger partial charge in [0.05, 0.1) is 12.1 Å². The number of carbonyl (C=O) groups excluding carboxylic acids is 2. The number of benzene rings is 1. The lowest BCUT2D eigenvalue weighted by atomic mass is 9.86. The van der Waals surface area contributed by atoms with Crippen LogP contribution in [0.25, 0.3) is 11.0 Å². The van der Waals surface area contributed by atoms with Crippen LogP contribution in [-0.4, -0.2) is 59.7 Å². The summed E-state index contributed by atoms with van der Waals surface area (Å²) in [6.07, 6.45) is 1.27. The molecule has 1 amide bonds. The van der Waals surface area contributed by atoms with Gasteiger partial charge in [-0.15, -0.1) is 0 Å². The Morgan fingerprint density at radius 3 is 2.64 bits per heavy atom. The van der Waals surface area contributed by atoms with E-state index in [1.54, 1.807) is 24.3 Å². The Labute approximate surface area is 210 Å². The number of sulfonamides is 1. The molecule has 0 saturated carbocycles. The number of amides is 1. The van der Waals surface area contributed by atoms with Crippen molar-refractivity contribution in [2.24, 2.45) is 11.8 Å². The Morgan fingerprint density at radius 1 is 1.19 bits per heavy atom. The second kappa shape index (κ2) is 10.9. The fraction of sp³-hybridized carbons (Fsp3) is 0.423. The molecule has 0 bridgehead atoms. The summed E-state index contributed by atoms with van der Waals surface area (Å²) in [5.41, 5.74) is 0.572. The number of Topliss-reactive ketones (excluding diaryl/α,β-unsaturated/α-hetero) is 1. The van der Waals surface area contributed by atoms with Crippen molar-refractivity contribution in [1.82, 2.24) is 14.6 Å². The van der Waals surface area contributed by atoms with Crippen molar-refractivity contribution in [3.05, 3.63) is 60.5 Å². The molecule has 36 heavy (non-hydrogen) atoms. The SMILES string of the molecule is CC(C)C[C@H](NC(=O)c1cc2ccccc2o1)C(=O)C1CCCN(S(=O)(=O)c2ccccn2)CC1O. The summed E-state index contributed by atoms with van der Waals surface area (Å²) in [5.74, 6) is -1.43. The summed E-state index contributed by atoms with van der Waals surface area (Å²) < 4.78 is 32.9. The number of furan rings is 1. The van der Waals surface area contributed by atoms with Crippen molar-refractivity contribution in [3.8, 4) is 0 Å². The Bertz CT molecular complexity index is 1290. The van der Waals surface area contributed by atoms with Gasteiger partial charge in [0.15, 0.2) is 16.6 Å². The number of aliphatic hydroxyl groups is 1. The molecular weight excluding hydrogens is 482 g/mol. The van der Waals surface area contributed by atoms with Crippen LogP contribution in [0.15, 0.2) is 64.2 Å². The van der Waals surface area contributed by atoms with Gasteiger partial charge >= 0.3 is 0 Å². The van der Waals surface area contributed by atoms with Gasteiger partial charge in [0.25, 0.3) is 15.9 Å². The molecule has 1 saturated heterocycles. The minimum Gasteiger partial charge on any atom is -0.451 e. The number of para-hydroxylation sites is 1. The molecule has 3 atom stereocenters. The smallest absolute Gasteiger partial charge is 0.287 e. The number of β-amino-alcohol motifs (C(OH)–C–C–N with tert-alkyl or cyclic N) is 1. The Hall–Kier alpha value is -3.08. The minimum absolute atomic E-state index is 0.0962. The Kier molecular flexibility index (Phi) is 7.87. The summed E-state index contributed by atoms with van der Waals surface area (Å²) >= 11 is 0. The first-order chi connectivity index (χ1) is 17.2. The van der Waals surface area contributed by atoms with Crippen LogP contribution >= 0.6 is 0 Å². The zero-order chi connectivity index (χ0) is 25.9. The number of aromatic nitrogens is 1. The molecule has 0 spiro atoms. The van der Waals surface area contributed by atoms with E-state index in [0.717, 1.165) is 5.39 Å². The van der Waals surface area contributed by atoms with Crippen LogP contribution in [0.4, 0.5) is 0 Å². The second-order valence-corrected chi connectivity index (χ2v) is 11.4. The lowest BCUT2D eigenvalue weighted by Gasteiger charge is -2.27. The number of hydrogen-bond donors (Lipinski definition) is 2. The van der Waals surface area contributed by atoms with Crippen molar-refractivity contribution in [2.75, 3.05) is 13.1 Å². The highest BCUT2D eigenvalue weighted by molar-refractivity contribution is 7.89. The zero-order valence-electron chi connectivity index (χ0n) is 20.3. The van der Waals surface area contributed by atoms with Gasteiger partial charge in [0.1, 0.15) is 5.58 Å². The van der Waals surface area contributed by atoms with Gasteiger partial charge in [-0.2, -0.15) is 4.31 Å².